The SMILES string of the molecule is CCCNC(CC)c1cc(F)ccc1OC. The molecule has 3 heteroatoms. The van der Waals surface area contributed by atoms with Crippen molar-refractivity contribution >= 4 is 0 Å². The second-order valence-electron chi connectivity index (χ2n) is 3.80. The number of methoxy groups -OCH3 is 1. The van der Waals surface area contributed by atoms with Gasteiger partial charge in [-0.15, -0.1) is 0 Å². The smallest absolute Gasteiger partial charge is 0.123 e. The van der Waals surface area contributed by atoms with Crippen LogP contribution in [-0.2, 0) is 0 Å². The Kier molecular flexibility index (Phi) is 5.26. The minimum absolute atomic E-state index is 0.158. The van der Waals surface area contributed by atoms with Crippen molar-refractivity contribution in [2.75, 3.05) is 13.7 Å². The fraction of sp³-hybridized carbons (Fsp3) is 0.538. The molecule has 1 aromatic rings. The highest BCUT2D eigenvalue weighted by atomic mass is 19.1. The molecule has 16 heavy (non-hydrogen) atoms. The number of halogens is 1. The van der Waals surface area contributed by atoms with E-state index in [0.717, 1.165) is 30.7 Å². The van der Waals surface area contributed by atoms with Crippen molar-refractivity contribution in [2.45, 2.75) is 32.7 Å². The maximum Gasteiger partial charge on any atom is 0.123 e. The van der Waals surface area contributed by atoms with Crippen LogP contribution in [0.25, 0.3) is 0 Å². The topological polar surface area (TPSA) is 21.3 Å². The van der Waals surface area contributed by atoms with Crippen LogP contribution in [0.15, 0.2) is 18.2 Å². The van der Waals surface area contributed by atoms with Crippen molar-refractivity contribution in [3.8, 4) is 5.75 Å². The average Bonchev–Trinajstić information content (AvgIpc) is 2.30. The van der Waals surface area contributed by atoms with E-state index in [1.165, 1.54) is 6.07 Å². The lowest BCUT2D eigenvalue weighted by Crippen LogP contribution is -2.22. The Morgan fingerprint density at radius 2 is 2.12 bits per heavy atom. The zero-order valence-electron chi connectivity index (χ0n) is 10.2. The number of benzene rings is 1. The first-order valence-corrected chi connectivity index (χ1v) is 5.79. The normalized spacial score (nSPS) is 12.5. The van der Waals surface area contributed by atoms with Crippen LogP contribution in [0.4, 0.5) is 4.39 Å². The molecule has 0 saturated heterocycles. The Morgan fingerprint density at radius 1 is 1.38 bits per heavy atom. The van der Waals surface area contributed by atoms with Gasteiger partial charge in [0.05, 0.1) is 7.11 Å². The van der Waals surface area contributed by atoms with Gasteiger partial charge in [0.1, 0.15) is 11.6 Å². The first-order valence-electron chi connectivity index (χ1n) is 5.79. The van der Waals surface area contributed by atoms with Crippen LogP contribution >= 0.6 is 0 Å². The van der Waals surface area contributed by atoms with Gasteiger partial charge in [0.25, 0.3) is 0 Å². The Bertz CT molecular complexity index is 328. The fourth-order valence-electron chi connectivity index (χ4n) is 1.77. The van der Waals surface area contributed by atoms with E-state index in [0.29, 0.717) is 0 Å². The van der Waals surface area contributed by atoms with Gasteiger partial charge in [-0.1, -0.05) is 13.8 Å². The fourth-order valence-corrected chi connectivity index (χ4v) is 1.77. The molecule has 0 radical (unpaired) electrons. The van der Waals surface area contributed by atoms with Crippen LogP contribution in [0.1, 0.15) is 38.3 Å². The third-order valence-electron chi connectivity index (χ3n) is 2.62. The van der Waals surface area contributed by atoms with Gasteiger partial charge in [-0.25, -0.2) is 4.39 Å². The first-order chi connectivity index (χ1) is 7.72. The highest BCUT2D eigenvalue weighted by molar-refractivity contribution is 5.36. The number of hydrogen-bond acceptors (Lipinski definition) is 2. The van der Waals surface area contributed by atoms with Crippen molar-refractivity contribution in [1.29, 1.82) is 0 Å². The molecule has 1 unspecified atom stereocenters. The molecular weight excluding hydrogens is 205 g/mol. The van der Waals surface area contributed by atoms with Gasteiger partial charge in [-0.05, 0) is 37.6 Å². The van der Waals surface area contributed by atoms with Gasteiger partial charge in [0.15, 0.2) is 0 Å². The van der Waals surface area contributed by atoms with Crippen molar-refractivity contribution < 1.29 is 9.13 Å². The standard InChI is InChI=1S/C13H20FNO/c1-4-8-15-12(5-2)11-9-10(14)6-7-13(11)16-3/h6-7,9,12,15H,4-5,8H2,1-3H3. The molecule has 0 aliphatic rings. The molecule has 1 aromatic carbocycles. The van der Waals surface area contributed by atoms with Crippen LogP contribution in [-0.4, -0.2) is 13.7 Å². The van der Waals surface area contributed by atoms with Crippen LogP contribution in [0.3, 0.4) is 0 Å². The number of rotatable bonds is 6. The van der Waals surface area contributed by atoms with Crippen LogP contribution in [0.5, 0.6) is 5.75 Å². The quantitative estimate of drug-likeness (QED) is 0.802. The predicted octanol–water partition coefficient (Wildman–Crippen LogP) is 3.29. The molecule has 1 rings (SSSR count). The molecule has 0 aliphatic heterocycles. The van der Waals surface area contributed by atoms with Crippen LogP contribution < -0.4 is 10.1 Å². The van der Waals surface area contributed by atoms with Crippen LogP contribution in [0.2, 0.25) is 0 Å². The summed E-state index contributed by atoms with van der Waals surface area (Å²) in [5, 5.41) is 3.39. The molecule has 0 fully saturated rings. The maximum absolute atomic E-state index is 13.2. The Hall–Kier alpha value is -1.09. The monoisotopic (exact) mass is 225 g/mol. The van der Waals surface area contributed by atoms with Gasteiger partial charge >= 0.3 is 0 Å². The first kappa shape index (κ1) is 13.0. The molecule has 1 N–H and O–H groups in total. The molecule has 0 aromatic heterocycles. The van der Waals surface area contributed by atoms with Gasteiger partial charge in [-0.3, -0.25) is 0 Å². The molecule has 0 saturated carbocycles. The zero-order valence-corrected chi connectivity index (χ0v) is 10.2. The summed E-state index contributed by atoms with van der Waals surface area (Å²) in [6.45, 7) is 5.12. The summed E-state index contributed by atoms with van der Waals surface area (Å²) in [6.07, 6.45) is 1.98. The summed E-state index contributed by atoms with van der Waals surface area (Å²) in [5.41, 5.74) is 0.901. The van der Waals surface area contributed by atoms with E-state index in [9.17, 15) is 4.39 Å². The third-order valence-corrected chi connectivity index (χ3v) is 2.62. The largest absolute Gasteiger partial charge is 0.496 e. The Balaban J connectivity index is 2.92. The number of hydrogen-bond donors (Lipinski definition) is 1. The van der Waals surface area contributed by atoms with Crippen LogP contribution in [0, 0.1) is 5.82 Å². The van der Waals surface area contributed by atoms with E-state index < -0.39 is 0 Å². The summed E-state index contributed by atoms with van der Waals surface area (Å²) in [6, 6.07) is 4.82. The van der Waals surface area contributed by atoms with E-state index in [2.05, 4.69) is 19.2 Å². The second-order valence-corrected chi connectivity index (χ2v) is 3.80. The number of ether oxygens (including phenoxy) is 1. The van der Waals surface area contributed by atoms with E-state index in [4.69, 9.17) is 4.74 Å². The van der Waals surface area contributed by atoms with E-state index in [-0.39, 0.29) is 11.9 Å². The van der Waals surface area contributed by atoms with Crippen molar-refractivity contribution in [3.05, 3.63) is 29.6 Å². The summed E-state index contributed by atoms with van der Waals surface area (Å²) in [4.78, 5) is 0. The molecule has 1 atom stereocenters. The summed E-state index contributed by atoms with van der Waals surface area (Å²) in [5.74, 6) is 0.532. The van der Waals surface area contributed by atoms with E-state index in [1.807, 2.05) is 0 Å². The number of nitrogens with one attached hydrogen (secondary N) is 1. The maximum atomic E-state index is 13.2. The van der Waals surface area contributed by atoms with Crippen molar-refractivity contribution in [3.63, 3.8) is 0 Å². The minimum atomic E-state index is -0.215. The molecule has 2 nitrogen and oxygen atoms in total. The average molecular weight is 225 g/mol. The molecule has 90 valence electrons. The molecule has 0 aliphatic carbocycles. The lowest BCUT2D eigenvalue weighted by atomic mass is 10.0. The summed E-state index contributed by atoms with van der Waals surface area (Å²) < 4.78 is 18.5. The predicted molar refractivity (Wildman–Crippen MR) is 64.3 cm³/mol. The van der Waals surface area contributed by atoms with Gasteiger partial charge in [-0.2, -0.15) is 0 Å². The minimum Gasteiger partial charge on any atom is -0.496 e. The van der Waals surface area contributed by atoms with Crippen molar-refractivity contribution in [1.82, 2.24) is 5.32 Å². The molecule has 0 amide bonds. The van der Waals surface area contributed by atoms with Gasteiger partial charge in [0.2, 0.25) is 0 Å². The third kappa shape index (κ3) is 3.20. The molecule has 0 spiro atoms. The Labute approximate surface area is 96.8 Å². The molecule has 0 heterocycles. The summed E-state index contributed by atoms with van der Waals surface area (Å²) in [7, 11) is 1.61. The lowest BCUT2D eigenvalue weighted by Gasteiger charge is -2.19. The highest BCUT2D eigenvalue weighted by Gasteiger charge is 2.14. The highest BCUT2D eigenvalue weighted by Crippen LogP contribution is 2.27. The van der Waals surface area contributed by atoms with Gasteiger partial charge in [0, 0.05) is 11.6 Å². The van der Waals surface area contributed by atoms with E-state index >= 15 is 0 Å². The van der Waals surface area contributed by atoms with Crippen molar-refractivity contribution in [2.24, 2.45) is 0 Å². The molecule has 0 bridgehead atoms. The van der Waals surface area contributed by atoms with Gasteiger partial charge < -0.3 is 10.1 Å². The second kappa shape index (κ2) is 6.48. The van der Waals surface area contributed by atoms with E-state index in [1.54, 1.807) is 19.2 Å². The lowest BCUT2D eigenvalue weighted by molar-refractivity contribution is 0.395. The zero-order chi connectivity index (χ0) is 12.0. The Morgan fingerprint density at radius 3 is 2.69 bits per heavy atom. The summed E-state index contributed by atoms with van der Waals surface area (Å²) >= 11 is 0. The molecular formula is C13H20FNO.